The van der Waals surface area contributed by atoms with Gasteiger partial charge in [0.15, 0.2) is 0 Å². The second-order valence-electron chi connectivity index (χ2n) is 2.90. The summed E-state index contributed by atoms with van der Waals surface area (Å²) >= 11 is 0. The number of carboxylic acids is 1. The summed E-state index contributed by atoms with van der Waals surface area (Å²) in [7, 11) is 0. The number of benzene rings is 1. The third-order valence-corrected chi connectivity index (χ3v) is 1.73. The molecule has 0 heterocycles. The first-order chi connectivity index (χ1) is 6.65. The number of carbonyl (C=O) groups is 1. The molecule has 0 fully saturated rings. The summed E-state index contributed by atoms with van der Waals surface area (Å²) in [6.07, 6.45) is 0.882. The van der Waals surface area contributed by atoms with Gasteiger partial charge in [0, 0.05) is 5.69 Å². The number of rotatable bonds is 4. The summed E-state index contributed by atoms with van der Waals surface area (Å²) in [5.74, 6) is -0.497. The van der Waals surface area contributed by atoms with E-state index in [-0.39, 0.29) is 11.3 Å². The second kappa shape index (κ2) is 4.50. The van der Waals surface area contributed by atoms with Gasteiger partial charge >= 0.3 is 5.97 Å². The van der Waals surface area contributed by atoms with Gasteiger partial charge in [0.1, 0.15) is 5.75 Å². The summed E-state index contributed by atoms with van der Waals surface area (Å²) in [5, 5.41) is 8.78. The summed E-state index contributed by atoms with van der Waals surface area (Å²) in [4.78, 5) is 10.7. The van der Waals surface area contributed by atoms with Crippen LogP contribution in [0.25, 0.3) is 0 Å². The van der Waals surface area contributed by atoms with Crippen molar-refractivity contribution in [1.82, 2.24) is 0 Å². The molecule has 0 saturated heterocycles. The normalized spacial score (nSPS) is 9.79. The molecule has 0 radical (unpaired) electrons. The monoisotopic (exact) mass is 195 g/mol. The fourth-order valence-electron chi connectivity index (χ4n) is 1.03. The molecular weight excluding hydrogens is 182 g/mol. The summed E-state index contributed by atoms with van der Waals surface area (Å²) in [5.41, 5.74) is 5.82. The Morgan fingerprint density at radius 3 is 2.86 bits per heavy atom. The SMILES string of the molecule is CCCOc1ccc(N)c(C(=O)O)c1. The fraction of sp³-hybridized carbons (Fsp3) is 0.300. The van der Waals surface area contributed by atoms with Crippen molar-refractivity contribution in [2.24, 2.45) is 0 Å². The molecule has 0 spiro atoms. The molecule has 3 N–H and O–H groups in total. The minimum absolute atomic E-state index is 0.0820. The van der Waals surface area contributed by atoms with E-state index < -0.39 is 5.97 Å². The molecule has 0 aliphatic heterocycles. The second-order valence-corrected chi connectivity index (χ2v) is 2.90. The van der Waals surface area contributed by atoms with Gasteiger partial charge in [-0.15, -0.1) is 0 Å². The molecular formula is C10H13NO3. The lowest BCUT2D eigenvalue weighted by molar-refractivity contribution is 0.0697. The summed E-state index contributed by atoms with van der Waals surface area (Å²) in [6.45, 7) is 2.55. The van der Waals surface area contributed by atoms with Crippen LogP contribution in [-0.2, 0) is 0 Å². The molecule has 0 aliphatic rings. The van der Waals surface area contributed by atoms with E-state index in [1.807, 2.05) is 6.92 Å². The van der Waals surface area contributed by atoms with Crippen molar-refractivity contribution in [3.63, 3.8) is 0 Å². The first-order valence-corrected chi connectivity index (χ1v) is 4.40. The lowest BCUT2D eigenvalue weighted by atomic mass is 10.2. The van der Waals surface area contributed by atoms with Crippen LogP contribution in [0.1, 0.15) is 23.7 Å². The van der Waals surface area contributed by atoms with Crippen LogP contribution in [0.5, 0.6) is 5.75 Å². The standard InChI is InChI=1S/C10H13NO3/c1-2-5-14-7-3-4-9(11)8(6-7)10(12)13/h3-4,6H,2,5,11H2,1H3,(H,12,13). The molecule has 0 aliphatic carbocycles. The molecule has 0 bridgehead atoms. The van der Waals surface area contributed by atoms with Gasteiger partial charge in [-0.3, -0.25) is 0 Å². The maximum Gasteiger partial charge on any atom is 0.337 e. The Balaban J connectivity index is 2.89. The van der Waals surface area contributed by atoms with Crippen LogP contribution in [0.4, 0.5) is 5.69 Å². The Morgan fingerprint density at radius 1 is 1.57 bits per heavy atom. The van der Waals surface area contributed by atoms with Crippen molar-refractivity contribution < 1.29 is 14.6 Å². The van der Waals surface area contributed by atoms with Crippen molar-refractivity contribution in [3.05, 3.63) is 23.8 Å². The quantitative estimate of drug-likeness (QED) is 0.718. The number of aromatic carboxylic acids is 1. The number of ether oxygens (including phenoxy) is 1. The van der Waals surface area contributed by atoms with Gasteiger partial charge in [-0.2, -0.15) is 0 Å². The minimum atomic E-state index is -1.04. The van der Waals surface area contributed by atoms with Crippen molar-refractivity contribution >= 4 is 11.7 Å². The molecule has 4 heteroatoms. The van der Waals surface area contributed by atoms with Crippen molar-refractivity contribution in [2.75, 3.05) is 12.3 Å². The average molecular weight is 195 g/mol. The van der Waals surface area contributed by atoms with E-state index in [0.717, 1.165) is 6.42 Å². The third kappa shape index (κ3) is 2.39. The topological polar surface area (TPSA) is 72.5 Å². The van der Waals surface area contributed by atoms with Gasteiger partial charge in [0.2, 0.25) is 0 Å². The number of hydrogen-bond donors (Lipinski definition) is 2. The molecule has 0 amide bonds. The van der Waals surface area contributed by atoms with E-state index in [4.69, 9.17) is 15.6 Å². The number of hydrogen-bond acceptors (Lipinski definition) is 3. The van der Waals surface area contributed by atoms with Gasteiger partial charge in [-0.1, -0.05) is 6.92 Å². The Morgan fingerprint density at radius 2 is 2.29 bits per heavy atom. The van der Waals surface area contributed by atoms with E-state index in [9.17, 15) is 4.79 Å². The highest BCUT2D eigenvalue weighted by Crippen LogP contribution is 2.19. The van der Waals surface area contributed by atoms with E-state index >= 15 is 0 Å². The predicted octanol–water partition coefficient (Wildman–Crippen LogP) is 1.76. The zero-order chi connectivity index (χ0) is 10.6. The highest BCUT2D eigenvalue weighted by molar-refractivity contribution is 5.94. The van der Waals surface area contributed by atoms with Crippen LogP contribution >= 0.6 is 0 Å². The minimum Gasteiger partial charge on any atom is -0.494 e. The Labute approximate surface area is 82.3 Å². The molecule has 0 saturated carbocycles. The predicted molar refractivity (Wildman–Crippen MR) is 53.6 cm³/mol. The molecule has 4 nitrogen and oxygen atoms in total. The molecule has 0 aromatic heterocycles. The van der Waals surface area contributed by atoms with Gasteiger partial charge in [-0.05, 0) is 24.6 Å². The molecule has 1 aromatic carbocycles. The van der Waals surface area contributed by atoms with Crippen LogP contribution < -0.4 is 10.5 Å². The average Bonchev–Trinajstić information content (AvgIpc) is 2.16. The van der Waals surface area contributed by atoms with Gasteiger partial charge < -0.3 is 15.6 Å². The molecule has 1 aromatic rings. The molecule has 0 unspecified atom stereocenters. The van der Waals surface area contributed by atoms with E-state index in [1.54, 1.807) is 6.07 Å². The highest BCUT2D eigenvalue weighted by Gasteiger charge is 2.08. The van der Waals surface area contributed by atoms with E-state index in [2.05, 4.69) is 0 Å². The summed E-state index contributed by atoms with van der Waals surface area (Å²) < 4.78 is 5.28. The van der Waals surface area contributed by atoms with Crippen LogP contribution in [0.15, 0.2) is 18.2 Å². The Kier molecular flexibility index (Phi) is 3.34. The van der Waals surface area contributed by atoms with Gasteiger partial charge in [0.25, 0.3) is 0 Å². The van der Waals surface area contributed by atoms with E-state index in [0.29, 0.717) is 12.4 Å². The van der Waals surface area contributed by atoms with Crippen molar-refractivity contribution in [2.45, 2.75) is 13.3 Å². The van der Waals surface area contributed by atoms with Gasteiger partial charge in [0.05, 0.1) is 12.2 Å². The van der Waals surface area contributed by atoms with Crippen LogP contribution in [0, 0.1) is 0 Å². The van der Waals surface area contributed by atoms with Crippen LogP contribution in [0.3, 0.4) is 0 Å². The number of nitrogen functional groups attached to an aromatic ring is 1. The number of carboxylic acid groups (broad SMARTS) is 1. The third-order valence-electron chi connectivity index (χ3n) is 1.73. The van der Waals surface area contributed by atoms with Crippen LogP contribution in [0.2, 0.25) is 0 Å². The number of anilines is 1. The zero-order valence-corrected chi connectivity index (χ0v) is 7.99. The maximum atomic E-state index is 10.7. The summed E-state index contributed by atoms with van der Waals surface area (Å²) in [6, 6.07) is 4.64. The maximum absolute atomic E-state index is 10.7. The van der Waals surface area contributed by atoms with Crippen molar-refractivity contribution in [1.29, 1.82) is 0 Å². The molecule has 1 rings (SSSR count). The number of nitrogens with two attached hydrogens (primary N) is 1. The first-order valence-electron chi connectivity index (χ1n) is 4.40. The van der Waals surface area contributed by atoms with Crippen molar-refractivity contribution in [3.8, 4) is 5.75 Å². The first kappa shape index (κ1) is 10.4. The molecule has 76 valence electrons. The van der Waals surface area contributed by atoms with Gasteiger partial charge in [-0.25, -0.2) is 4.79 Å². The zero-order valence-electron chi connectivity index (χ0n) is 7.99. The highest BCUT2D eigenvalue weighted by atomic mass is 16.5. The molecule has 14 heavy (non-hydrogen) atoms. The fourth-order valence-corrected chi connectivity index (χ4v) is 1.03. The lowest BCUT2D eigenvalue weighted by Crippen LogP contribution is -2.03. The smallest absolute Gasteiger partial charge is 0.337 e. The Hall–Kier alpha value is -1.71. The Bertz CT molecular complexity index is 336. The van der Waals surface area contributed by atoms with Crippen LogP contribution in [-0.4, -0.2) is 17.7 Å². The molecule has 0 atom stereocenters. The lowest BCUT2D eigenvalue weighted by Gasteiger charge is -2.06. The largest absolute Gasteiger partial charge is 0.494 e. The van der Waals surface area contributed by atoms with E-state index in [1.165, 1.54) is 12.1 Å².